The largest absolute Gasteiger partial charge is 0.465 e. The number of nitrogens with one attached hydrogen (secondary N) is 2. The summed E-state index contributed by atoms with van der Waals surface area (Å²) in [5.41, 5.74) is 2.93. The molecule has 3 rings (SSSR count). The zero-order valence-electron chi connectivity index (χ0n) is 16.0. The fraction of sp³-hybridized carbons (Fsp3) is 0.318. The zero-order valence-corrected chi connectivity index (χ0v) is 16.0. The molecular formula is C22H25N3O3. The van der Waals surface area contributed by atoms with Gasteiger partial charge in [-0.1, -0.05) is 23.8 Å². The van der Waals surface area contributed by atoms with Crippen LogP contribution in [0.5, 0.6) is 0 Å². The standard InChI is InChI=1S/C22H25N3O3/c1-28-22(27)18-9-5-6-10-19(18)25-20-15-17(12-14-23-20)21(26)24-13-11-16-7-3-2-4-8-16/h5-7,9-10,12,14-15H,2-4,8,11,13H2,1H3,(H,23,25)(H,24,26). The fourth-order valence-corrected chi connectivity index (χ4v) is 3.23. The van der Waals surface area contributed by atoms with Crippen LogP contribution in [0.4, 0.5) is 11.5 Å². The summed E-state index contributed by atoms with van der Waals surface area (Å²) in [4.78, 5) is 28.6. The lowest BCUT2D eigenvalue weighted by Gasteiger charge is -2.13. The summed E-state index contributed by atoms with van der Waals surface area (Å²) in [6.45, 7) is 0.626. The van der Waals surface area contributed by atoms with Gasteiger partial charge in [0.05, 0.1) is 18.4 Å². The molecule has 0 bridgehead atoms. The molecule has 1 aliphatic rings. The van der Waals surface area contributed by atoms with Crippen molar-refractivity contribution >= 4 is 23.4 Å². The Bertz CT molecular complexity index is 877. The number of rotatable bonds is 7. The topological polar surface area (TPSA) is 80.3 Å². The third-order valence-corrected chi connectivity index (χ3v) is 4.73. The van der Waals surface area contributed by atoms with E-state index in [1.807, 2.05) is 6.07 Å². The minimum absolute atomic E-state index is 0.136. The summed E-state index contributed by atoms with van der Waals surface area (Å²) in [5, 5.41) is 6.06. The monoisotopic (exact) mass is 379 g/mol. The average molecular weight is 379 g/mol. The number of para-hydroxylation sites is 1. The van der Waals surface area contributed by atoms with Gasteiger partial charge in [0.1, 0.15) is 5.82 Å². The van der Waals surface area contributed by atoms with Crippen LogP contribution >= 0.6 is 0 Å². The Morgan fingerprint density at radius 3 is 2.82 bits per heavy atom. The molecule has 0 saturated heterocycles. The molecule has 1 aliphatic carbocycles. The normalized spacial score (nSPS) is 13.4. The molecule has 28 heavy (non-hydrogen) atoms. The van der Waals surface area contributed by atoms with E-state index < -0.39 is 5.97 Å². The summed E-state index contributed by atoms with van der Waals surface area (Å²) in [5.74, 6) is -0.0869. The van der Waals surface area contributed by atoms with Gasteiger partial charge < -0.3 is 15.4 Å². The van der Waals surface area contributed by atoms with E-state index in [1.165, 1.54) is 25.5 Å². The number of carbonyl (C=O) groups excluding carboxylic acids is 2. The molecule has 0 atom stereocenters. The first kappa shape index (κ1) is 19.6. The van der Waals surface area contributed by atoms with Gasteiger partial charge in [-0.15, -0.1) is 0 Å². The molecule has 6 heteroatoms. The van der Waals surface area contributed by atoms with Crippen LogP contribution in [-0.4, -0.2) is 30.5 Å². The Hall–Kier alpha value is -3.15. The highest BCUT2D eigenvalue weighted by molar-refractivity contribution is 5.97. The minimum atomic E-state index is -0.436. The molecule has 1 aromatic carbocycles. The number of methoxy groups -OCH3 is 1. The van der Waals surface area contributed by atoms with E-state index in [0.717, 1.165) is 19.3 Å². The second kappa shape index (κ2) is 9.69. The molecule has 0 aliphatic heterocycles. The van der Waals surface area contributed by atoms with Crippen molar-refractivity contribution in [2.75, 3.05) is 19.0 Å². The quantitative estimate of drug-likeness (QED) is 0.556. The maximum Gasteiger partial charge on any atom is 0.339 e. The maximum atomic E-state index is 12.5. The highest BCUT2D eigenvalue weighted by atomic mass is 16.5. The molecule has 0 saturated carbocycles. The average Bonchev–Trinajstić information content (AvgIpc) is 2.74. The number of anilines is 2. The van der Waals surface area contributed by atoms with E-state index in [4.69, 9.17) is 4.74 Å². The smallest absolute Gasteiger partial charge is 0.339 e. The van der Waals surface area contributed by atoms with Gasteiger partial charge in [-0.05, 0) is 56.4 Å². The predicted octanol–water partition coefficient (Wildman–Crippen LogP) is 4.23. The molecule has 6 nitrogen and oxygen atoms in total. The van der Waals surface area contributed by atoms with Gasteiger partial charge in [0.25, 0.3) is 5.91 Å². The van der Waals surface area contributed by atoms with Crippen LogP contribution in [0.3, 0.4) is 0 Å². The van der Waals surface area contributed by atoms with Crippen LogP contribution in [-0.2, 0) is 4.74 Å². The van der Waals surface area contributed by atoms with Crippen LogP contribution in [0.25, 0.3) is 0 Å². The molecule has 1 aromatic heterocycles. The Kier molecular flexibility index (Phi) is 6.78. The van der Waals surface area contributed by atoms with E-state index >= 15 is 0 Å². The van der Waals surface area contributed by atoms with E-state index in [0.29, 0.717) is 29.2 Å². The van der Waals surface area contributed by atoms with Gasteiger partial charge in [-0.2, -0.15) is 0 Å². The van der Waals surface area contributed by atoms with E-state index in [2.05, 4.69) is 21.7 Å². The van der Waals surface area contributed by atoms with E-state index in [1.54, 1.807) is 36.5 Å². The molecule has 1 amide bonds. The van der Waals surface area contributed by atoms with Gasteiger partial charge >= 0.3 is 5.97 Å². The summed E-state index contributed by atoms with van der Waals surface area (Å²) in [6, 6.07) is 10.3. The summed E-state index contributed by atoms with van der Waals surface area (Å²) in [7, 11) is 1.34. The Balaban J connectivity index is 1.63. The molecule has 0 radical (unpaired) electrons. The lowest BCUT2D eigenvalue weighted by molar-refractivity contribution is 0.0601. The Morgan fingerprint density at radius 1 is 1.18 bits per heavy atom. The van der Waals surface area contributed by atoms with E-state index in [9.17, 15) is 9.59 Å². The SMILES string of the molecule is COC(=O)c1ccccc1Nc1cc(C(=O)NCCC2=CCCCC2)ccn1. The first-order valence-electron chi connectivity index (χ1n) is 9.54. The number of hydrogen-bond donors (Lipinski definition) is 2. The molecule has 146 valence electrons. The molecule has 0 spiro atoms. The molecule has 1 heterocycles. The van der Waals surface area contributed by atoms with Crippen LogP contribution in [0, 0.1) is 0 Å². The highest BCUT2D eigenvalue weighted by Crippen LogP contribution is 2.21. The van der Waals surface area contributed by atoms with Crippen molar-refractivity contribution in [3.63, 3.8) is 0 Å². The number of benzene rings is 1. The maximum absolute atomic E-state index is 12.5. The third-order valence-electron chi connectivity index (χ3n) is 4.73. The van der Waals surface area contributed by atoms with Crippen molar-refractivity contribution in [1.82, 2.24) is 10.3 Å². The van der Waals surface area contributed by atoms with E-state index in [-0.39, 0.29) is 5.91 Å². The first-order chi connectivity index (χ1) is 13.7. The predicted molar refractivity (Wildman–Crippen MR) is 109 cm³/mol. The first-order valence-corrected chi connectivity index (χ1v) is 9.54. The second-order valence-corrected chi connectivity index (χ2v) is 6.71. The summed E-state index contributed by atoms with van der Waals surface area (Å²) < 4.78 is 4.80. The molecule has 2 N–H and O–H groups in total. The molecule has 2 aromatic rings. The number of carbonyl (C=O) groups is 2. The number of pyridine rings is 1. The van der Waals surface area contributed by atoms with Crippen molar-refractivity contribution in [1.29, 1.82) is 0 Å². The van der Waals surface area contributed by atoms with Gasteiger partial charge in [0, 0.05) is 18.3 Å². The molecule has 0 unspecified atom stereocenters. The van der Waals surface area contributed by atoms with Gasteiger partial charge in [-0.25, -0.2) is 9.78 Å². The number of nitrogens with zero attached hydrogens (tertiary/aromatic N) is 1. The molecule has 0 fully saturated rings. The van der Waals surface area contributed by atoms with Crippen LogP contribution in [0.1, 0.15) is 52.8 Å². The fourth-order valence-electron chi connectivity index (χ4n) is 3.23. The van der Waals surface area contributed by atoms with Crippen LogP contribution in [0.15, 0.2) is 54.2 Å². The van der Waals surface area contributed by atoms with Crippen LogP contribution in [0.2, 0.25) is 0 Å². The van der Waals surface area contributed by atoms with Crippen molar-refractivity contribution in [2.24, 2.45) is 0 Å². The van der Waals surface area contributed by atoms with Crippen molar-refractivity contribution < 1.29 is 14.3 Å². The Labute approximate surface area is 165 Å². The lowest BCUT2D eigenvalue weighted by Crippen LogP contribution is -2.25. The number of allylic oxidation sites excluding steroid dienone is 1. The minimum Gasteiger partial charge on any atom is -0.465 e. The lowest BCUT2D eigenvalue weighted by atomic mass is 9.97. The molecular weight excluding hydrogens is 354 g/mol. The number of ether oxygens (including phenoxy) is 1. The van der Waals surface area contributed by atoms with Gasteiger partial charge in [-0.3, -0.25) is 4.79 Å². The second-order valence-electron chi connectivity index (χ2n) is 6.71. The third kappa shape index (κ3) is 5.19. The van der Waals surface area contributed by atoms with Gasteiger partial charge in [0.2, 0.25) is 0 Å². The zero-order chi connectivity index (χ0) is 19.8. The number of amides is 1. The Morgan fingerprint density at radius 2 is 2.04 bits per heavy atom. The van der Waals surface area contributed by atoms with Crippen molar-refractivity contribution in [2.45, 2.75) is 32.1 Å². The number of aromatic nitrogens is 1. The van der Waals surface area contributed by atoms with Crippen molar-refractivity contribution in [3.05, 3.63) is 65.4 Å². The summed E-state index contributed by atoms with van der Waals surface area (Å²) in [6.07, 6.45) is 9.56. The van der Waals surface area contributed by atoms with Crippen LogP contribution < -0.4 is 10.6 Å². The van der Waals surface area contributed by atoms with Gasteiger partial charge in [0.15, 0.2) is 0 Å². The number of esters is 1. The highest BCUT2D eigenvalue weighted by Gasteiger charge is 2.13. The number of hydrogen-bond acceptors (Lipinski definition) is 5. The summed E-state index contributed by atoms with van der Waals surface area (Å²) >= 11 is 0. The van der Waals surface area contributed by atoms with Crippen molar-refractivity contribution in [3.8, 4) is 0 Å².